The van der Waals surface area contributed by atoms with E-state index in [-0.39, 0.29) is 11.8 Å². The molecule has 2 aromatic heterocycles. The molecule has 0 radical (unpaired) electrons. The summed E-state index contributed by atoms with van der Waals surface area (Å²) in [6.07, 6.45) is 3.47. The monoisotopic (exact) mass is 505 g/mol. The van der Waals surface area contributed by atoms with Crippen molar-refractivity contribution in [1.82, 2.24) is 10.3 Å². The molecule has 0 aliphatic carbocycles. The van der Waals surface area contributed by atoms with E-state index in [4.69, 9.17) is 9.47 Å². The van der Waals surface area contributed by atoms with Gasteiger partial charge in [-0.05, 0) is 47.7 Å². The Hall–Kier alpha value is -3.63. The van der Waals surface area contributed by atoms with Gasteiger partial charge in [0, 0.05) is 37.9 Å². The quantitative estimate of drug-likeness (QED) is 0.531. The number of thiophene rings is 1. The van der Waals surface area contributed by atoms with Crippen LogP contribution < -0.4 is 29.9 Å². The first kappa shape index (κ1) is 22.8. The highest BCUT2D eigenvalue weighted by Crippen LogP contribution is 2.39. The summed E-state index contributed by atoms with van der Waals surface area (Å²) in [5.41, 5.74) is 3.15. The number of nitrogens with zero attached hydrogens (tertiary/aromatic N) is 3. The molecule has 6 rings (SSSR count). The molecule has 9 nitrogen and oxygen atoms in total. The minimum atomic E-state index is -0.214. The van der Waals surface area contributed by atoms with E-state index in [1.165, 1.54) is 11.3 Å². The van der Waals surface area contributed by atoms with Crippen molar-refractivity contribution in [2.75, 3.05) is 55.5 Å². The molecule has 0 spiro atoms. The number of anilines is 3. The van der Waals surface area contributed by atoms with Gasteiger partial charge in [-0.15, -0.1) is 11.3 Å². The zero-order valence-electron chi connectivity index (χ0n) is 20.1. The number of aromatic nitrogens is 1. The Labute approximate surface area is 213 Å². The highest BCUT2D eigenvalue weighted by molar-refractivity contribution is 7.18. The number of ether oxygens (including phenoxy) is 2. The molecular formula is C26H27N5O4S. The van der Waals surface area contributed by atoms with Gasteiger partial charge in [-0.1, -0.05) is 0 Å². The summed E-state index contributed by atoms with van der Waals surface area (Å²) in [4.78, 5) is 35.1. The molecule has 2 fully saturated rings. The van der Waals surface area contributed by atoms with Gasteiger partial charge >= 0.3 is 0 Å². The minimum Gasteiger partial charge on any atom is -0.493 e. The normalized spacial score (nSPS) is 20.4. The van der Waals surface area contributed by atoms with Crippen LogP contribution in [0.25, 0.3) is 0 Å². The third kappa shape index (κ3) is 3.86. The second kappa shape index (κ2) is 9.11. The standard InChI is InChI=1S/C26H27N5O4S/c1-34-21-7-15-14-31(26(33)18(15)8-22(21)35-2)24-4-3-23(36-24)25(32)29-19-11-27-6-5-20(19)30-12-16-9-28-10-17(16)13-30/h3-8,11,16-17,28H,9-10,12-14H2,1-2H3,(H,29,32). The largest absolute Gasteiger partial charge is 0.493 e. The van der Waals surface area contributed by atoms with Gasteiger partial charge < -0.3 is 25.0 Å². The van der Waals surface area contributed by atoms with Gasteiger partial charge in [0.25, 0.3) is 11.8 Å². The van der Waals surface area contributed by atoms with E-state index in [1.54, 1.807) is 43.6 Å². The van der Waals surface area contributed by atoms with Crippen molar-refractivity contribution >= 4 is 39.5 Å². The number of hydrogen-bond donors (Lipinski definition) is 2. The van der Waals surface area contributed by atoms with E-state index >= 15 is 0 Å². The number of pyridine rings is 1. The number of methoxy groups -OCH3 is 2. The summed E-state index contributed by atoms with van der Waals surface area (Å²) >= 11 is 1.29. The molecule has 36 heavy (non-hydrogen) atoms. The van der Waals surface area contributed by atoms with E-state index in [9.17, 15) is 9.59 Å². The topological polar surface area (TPSA) is 96.0 Å². The van der Waals surface area contributed by atoms with E-state index in [0.717, 1.165) is 37.4 Å². The number of carbonyl (C=O) groups excluding carboxylic acids is 2. The number of amides is 2. The van der Waals surface area contributed by atoms with E-state index in [2.05, 4.69) is 20.5 Å². The number of nitrogens with one attached hydrogen (secondary N) is 2. The van der Waals surface area contributed by atoms with Gasteiger partial charge in [0.1, 0.15) is 0 Å². The Balaban J connectivity index is 1.19. The number of hydrogen-bond acceptors (Lipinski definition) is 8. The van der Waals surface area contributed by atoms with Crippen molar-refractivity contribution in [2.45, 2.75) is 6.54 Å². The lowest BCUT2D eigenvalue weighted by Crippen LogP contribution is -2.26. The van der Waals surface area contributed by atoms with Crippen LogP contribution in [0.5, 0.6) is 11.5 Å². The molecule has 5 heterocycles. The van der Waals surface area contributed by atoms with Crippen LogP contribution in [0.15, 0.2) is 42.7 Å². The summed E-state index contributed by atoms with van der Waals surface area (Å²) < 4.78 is 10.7. The van der Waals surface area contributed by atoms with Crippen LogP contribution in [0.4, 0.5) is 16.4 Å². The lowest BCUT2D eigenvalue weighted by Gasteiger charge is -2.22. The third-order valence-electron chi connectivity index (χ3n) is 7.27. The summed E-state index contributed by atoms with van der Waals surface area (Å²) in [5.74, 6) is 2.05. The fourth-order valence-electron chi connectivity index (χ4n) is 5.41. The molecule has 3 aliphatic heterocycles. The van der Waals surface area contributed by atoms with Crippen LogP contribution >= 0.6 is 11.3 Å². The lowest BCUT2D eigenvalue weighted by molar-refractivity contribution is 0.0994. The van der Waals surface area contributed by atoms with Crippen LogP contribution in [-0.4, -0.2) is 57.2 Å². The van der Waals surface area contributed by atoms with Crippen LogP contribution in [0, 0.1) is 11.8 Å². The average molecular weight is 506 g/mol. The van der Waals surface area contributed by atoms with Gasteiger partial charge in [-0.2, -0.15) is 0 Å². The van der Waals surface area contributed by atoms with Crippen molar-refractivity contribution in [3.63, 3.8) is 0 Å². The number of rotatable bonds is 6. The van der Waals surface area contributed by atoms with Crippen molar-refractivity contribution < 1.29 is 19.1 Å². The molecule has 0 bridgehead atoms. The number of carbonyl (C=O) groups is 2. The highest BCUT2D eigenvalue weighted by atomic mass is 32.1. The molecule has 10 heteroatoms. The first-order valence-electron chi connectivity index (χ1n) is 11.9. The third-order valence-corrected chi connectivity index (χ3v) is 8.38. The Morgan fingerprint density at radius 1 is 1.11 bits per heavy atom. The van der Waals surface area contributed by atoms with E-state index < -0.39 is 0 Å². The molecule has 3 aromatic rings. The summed E-state index contributed by atoms with van der Waals surface area (Å²) in [6.45, 7) is 4.45. The first-order valence-corrected chi connectivity index (χ1v) is 12.7. The van der Waals surface area contributed by atoms with E-state index in [0.29, 0.717) is 51.0 Å². The Morgan fingerprint density at radius 3 is 2.61 bits per heavy atom. The SMILES string of the molecule is COc1cc2c(cc1OC)C(=O)N(c1ccc(C(=O)Nc3cnccc3N3CC4CNCC4C3)s1)C2. The maximum Gasteiger partial charge on any atom is 0.265 e. The number of benzene rings is 1. The smallest absolute Gasteiger partial charge is 0.265 e. The molecule has 1 aromatic carbocycles. The average Bonchev–Trinajstić information content (AvgIpc) is 3.67. The maximum absolute atomic E-state index is 13.2. The Bertz CT molecular complexity index is 1330. The first-order chi connectivity index (χ1) is 17.6. The molecule has 0 saturated carbocycles. The Kier molecular flexibility index (Phi) is 5.77. The summed E-state index contributed by atoms with van der Waals surface area (Å²) in [7, 11) is 3.12. The predicted octanol–water partition coefficient (Wildman–Crippen LogP) is 3.23. The fourth-order valence-corrected chi connectivity index (χ4v) is 6.31. The van der Waals surface area contributed by atoms with Crippen LogP contribution in [-0.2, 0) is 6.54 Å². The maximum atomic E-state index is 13.2. The molecule has 2 amide bonds. The lowest BCUT2D eigenvalue weighted by atomic mass is 10.0. The second-order valence-corrected chi connectivity index (χ2v) is 10.4. The van der Waals surface area contributed by atoms with Crippen molar-refractivity contribution in [3.05, 3.63) is 58.7 Å². The summed E-state index contributed by atoms with van der Waals surface area (Å²) in [6, 6.07) is 9.09. The van der Waals surface area contributed by atoms with E-state index in [1.807, 2.05) is 18.2 Å². The number of fused-ring (bicyclic) bond motifs is 2. The Morgan fingerprint density at radius 2 is 1.86 bits per heavy atom. The minimum absolute atomic E-state index is 0.122. The van der Waals surface area contributed by atoms with Crippen LogP contribution in [0.1, 0.15) is 25.6 Å². The molecule has 3 aliphatic rings. The van der Waals surface area contributed by atoms with Gasteiger partial charge in [0.05, 0.1) is 48.2 Å². The van der Waals surface area contributed by atoms with Crippen molar-refractivity contribution in [1.29, 1.82) is 0 Å². The van der Waals surface area contributed by atoms with Crippen molar-refractivity contribution in [2.24, 2.45) is 11.8 Å². The summed E-state index contributed by atoms with van der Waals surface area (Å²) in [5, 5.41) is 7.22. The zero-order valence-corrected chi connectivity index (χ0v) is 20.9. The van der Waals surface area contributed by atoms with Gasteiger partial charge in [-0.3, -0.25) is 19.5 Å². The highest BCUT2D eigenvalue weighted by Gasteiger charge is 2.37. The predicted molar refractivity (Wildman–Crippen MR) is 139 cm³/mol. The molecule has 2 N–H and O–H groups in total. The molecule has 2 saturated heterocycles. The molecular weight excluding hydrogens is 478 g/mol. The molecule has 2 atom stereocenters. The van der Waals surface area contributed by atoms with Gasteiger partial charge in [0.2, 0.25) is 0 Å². The second-order valence-electron chi connectivity index (χ2n) is 9.32. The van der Waals surface area contributed by atoms with Crippen molar-refractivity contribution in [3.8, 4) is 11.5 Å². The van der Waals surface area contributed by atoms with Crippen LogP contribution in [0.2, 0.25) is 0 Å². The molecule has 186 valence electrons. The van der Waals surface area contributed by atoms with Gasteiger partial charge in [0.15, 0.2) is 11.5 Å². The van der Waals surface area contributed by atoms with Crippen LogP contribution in [0.3, 0.4) is 0 Å². The fraction of sp³-hybridized carbons (Fsp3) is 0.346. The zero-order chi connectivity index (χ0) is 24.8. The molecule has 2 unspecified atom stereocenters. The van der Waals surface area contributed by atoms with Gasteiger partial charge in [-0.25, -0.2) is 0 Å².